The lowest BCUT2D eigenvalue weighted by molar-refractivity contribution is -0.284. The fourth-order valence-corrected chi connectivity index (χ4v) is 6.10. The van der Waals surface area contributed by atoms with Gasteiger partial charge in [0.2, 0.25) is 0 Å². The molecule has 1 aliphatic heterocycles. The van der Waals surface area contributed by atoms with Gasteiger partial charge in [-0.15, -0.1) is 0 Å². The molecule has 43 heavy (non-hydrogen) atoms. The molecule has 0 spiro atoms. The van der Waals surface area contributed by atoms with Gasteiger partial charge in [0, 0.05) is 23.8 Å². The molecular weight excluding hydrogens is 571 g/mol. The van der Waals surface area contributed by atoms with Crippen LogP contribution in [0.15, 0.2) is 42.5 Å². The number of aliphatic carboxylic acids is 1. The van der Waals surface area contributed by atoms with Gasteiger partial charge in [-0.2, -0.15) is 22.0 Å². The number of fused-ring (bicyclic) bond motifs is 1. The molecule has 0 saturated heterocycles. The number of hydrogen-bond acceptors (Lipinski definition) is 4. The zero-order valence-electron chi connectivity index (χ0n) is 24.6. The molecule has 0 saturated carbocycles. The number of alkyl halides is 5. The molecule has 2 aromatic rings. The number of rotatable bonds is 17. The third-order valence-corrected chi connectivity index (χ3v) is 8.80. The largest absolute Gasteiger partial charge is 0.508 e. The van der Waals surface area contributed by atoms with E-state index in [0.29, 0.717) is 25.2 Å². The highest BCUT2D eigenvalue weighted by molar-refractivity contribution is 5.69. The summed E-state index contributed by atoms with van der Waals surface area (Å²) in [6.07, 6.45) is 0.665. The molecule has 3 N–H and O–H groups in total. The molecule has 3 rings (SSSR count). The number of benzene rings is 2. The first-order valence-corrected chi connectivity index (χ1v) is 15.2. The maximum Gasteiger partial charge on any atom is 0.453 e. The number of aromatic hydroxyl groups is 2. The Balaban J connectivity index is 1.39. The van der Waals surface area contributed by atoms with E-state index in [0.717, 1.165) is 56.1 Å². The lowest BCUT2D eigenvalue weighted by atomic mass is 9.66. The molecule has 0 fully saturated rings. The second kappa shape index (κ2) is 15.1. The van der Waals surface area contributed by atoms with Crippen LogP contribution in [-0.4, -0.2) is 40.0 Å². The average molecular weight is 615 g/mol. The van der Waals surface area contributed by atoms with E-state index in [2.05, 4.69) is 6.92 Å². The summed E-state index contributed by atoms with van der Waals surface area (Å²) in [5.74, 6) is -5.28. The van der Waals surface area contributed by atoms with E-state index in [4.69, 9.17) is 4.74 Å². The highest BCUT2D eigenvalue weighted by atomic mass is 19.4. The van der Waals surface area contributed by atoms with Gasteiger partial charge in [-0.3, -0.25) is 4.79 Å². The van der Waals surface area contributed by atoms with E-state index in [-0.39, 0.29) is 42.1 Å². The second-order valence-corrected chi connectivity index (χ2v) is 12.1. The molecule has 240 valence electrons. The van der Waals surface area contributed by atoms with Crippen molar-refractivity contribution in [3.05, 3.63) is 53.6 Å². The minimum absolute atomic E-state index is 0.0210. The van der Waals surface area contributed by atoms with Gasteiger partial charge in [0.05, 0.1) is 12.5 Å². The smallest absolute Gasteiger partial charge is 0.453 e. The molecule has 1 unspecified atom stereocenters. The van der Waals surface area contributed by atoms with Crippen LogP contribution in [0.4, 0.5) is 22.0 Å². The quantitative estimate of drug-likeness (QED) is 0.122. The number of ether oxygens (including phenoxy) is 1. The normalized spacial score (nSPS) is 19.4. The Morgan fingerprint density at radius 1 is 0.860 bits per heavy atom. The van der Waals surface area contributed by atoms with Crippen LogP contribution in [0.2, 0.25) is 0 Å². The number of carbonyl (C=O) groups is 1. The Hall–Kier alpha value is -3.04. The Labute approximate surface area is 250 Å². The molecule has 0 amide bonds. The van der Waals surface area contributed by atoms with Gasteiger partial charge in [0.1, 0.15) is 17.2 Å². The number of unbranched alkanes of at least 4 members (excludes halogenated alkanes) is 7. The first kappa shape index (κ1) is 34.5. The Morgan fingerprint density at radius 2 is 1.42 bits per heavy atom. The summed E-state index contributed by atoms with van der Waals surface area (Å²) in [4.78, 5) is 11.5. The zero-order valence-corrected chi connectivity index (χ0v) is 24.6. The zero-order chi connectivity index (χ0) is 31.7. The maximum atomic E-state index is 13.0. The Kier molecular flexibility index (Phi) is 12.1. The maximum absolute atomic E-state index is 13.0. The van der Waals surface area contributed by atoms with E-state index in [1.54, 1.807) is 24.3 Å². The summed E-state index contributed by atoms with van der Waals surface area (Å²) >= 11 is 0. The van der Waals surface area contributed by atoms with E-state index in [9.17, 15) is 42.1 Å². The highest BCUT2D eigenvalue weighted by Crippen LogP contribution is 2.50. The van der Waals surface area contributed by atoms with Gasteiger partial charge in [-0.25, -0.2) is 0 Å². The molecule has 5 nitrogen and oxygen atoms in total. The van der Waals surface area contributed by atoms with Crippen LogP contribution < -0.4 is 4.74 Å². The van der Waals surface area contributed by atoms with E-state index < -0.39 is 30.4 Å². The predicted molar refractivity (Wildman–Crippen MR) is 154 cm³/mol. The van der Waals surface area contributed by atoms with Crippen LogP contribution >= 0.6 is 0 Å². The fraction of sp³-hybridized carbons (Fsp3) is 0.606. The van der Waals surface area contributed by atoms with Crippen molar-refractivity contribution >= 4 is 5.97 Å². The van der Waals surface area contributed by atoms with E-state index in [1.165, 1.54) is 0 Å². The van der Waals surface area contributed by atoms with E-state index >= 15 is 0 Å². The molecule has 3 atom stereocenters. The summed E-state index contributed by atoms with van der Waals surface area (Å²) < 4.78 is 69.0. The molecule has 0 aromatic heterocycles. The summed E-state index contributed by atoms with van der Waals surface area (Å²) in [5, 5.41) is 29.1. The van der Waals surface area contributed by atoms with Crippen LogP contribution in [0, 0.1) is 5.92 Å². The Morgan fingerprint density at radius 3 is 2.02 bits per heavy atom. The van der Waals surface area contributed by atoms with Crippen molar-refractivity contribution in [2.45, 2.75) is 114 Å². The van der Waals surface area contributed by atoms with Crippen LogP contribution in [0.5, 0.6) is 17.2 Å². The number of hydrogen-bond donors (Lipinski definition) is 3. The SMILES string of the molecule is C[C@]1(c2ccc(O)cc2)COc2cc(O)ccc2[C@H]1CCCCCCCCCC(CCCCC(F)(F)C(F)(F)F)C(=O)O. The van der Waals surface area contributed by atoms with Crippen molar-refractivity contribution < 1.29 is 46.8 Å². The van der Waals surface area contributed by atoms with Gasteiger partial charge >= 0.3 is 18.1 Å². The molecule has 0 aliphatic carbocycles. The van der Waals surface area contributed by atoms with Crippen LogP contribution in [0.25, 0.3) is 0 Å². The van der Waals surface area contributed by atoms with Crippen LogP contribution in [0.3, 0.4) is 0 Å². The summed E-state index contributed by atoms with van der Waals surface area (Å²) in [7, 11) is 0. The molecule has 0 bridgehead atoms. The van der Waals surface area contributed by atoms with Crippen molar-refractivity contribution in [2.75, 3.05) is 6.61 Å². The van der Waals surface area contributed by atoms with E-state index in [1.807, 2.05) is 18.2 Å². The minimum Gasteiger partial charge on any atom is -0.508 e. The monoisotopic (exact) mass is 614 g/mol. The summed E-state index contributed by atoms with van der Waals surface area (Å²) in [6.45, 7) is 2.62. The first-order chi connectivity index (χ1) is 20.2. The molecule has 2 aromatic carbocycles. The van der Waals surface area contributed by atoms with Gasteiger partial charge in [0.25, 0.3) is 0 Å². The predicted octanol–water partition coefficient (Wildman–Crippen LogP) is 9.50. The average Bonchev–Trinajstić information content (AvgIpc) is 2.93. The topological polar surface area (TPSA) is 87.0 Å². The number of carboxylic acid groups (broad SMARTS) is 1. The summed E-state index contributed by atoms with van der Waals surface area (Å²) in [6, 6.07) is 12.5. The third-order valence-electron chi connectivity index (χ3n) is 8.80. The number of carboxylic acids is 1. The third kappa shape index (κ3) is 9.47. The number of halogens is 5. The lowest BCUT2D eigenvalue weighted by Gasteiger charge is -2.43. The Bertz CT molecular complexity index is 1170. The minimum atomic E-state index is -5.57. The first-order valence-electron chi connectivity index (χ1n) is 15.2. The van der Waals surface area contributed by atoms with Crippen molar-refractivity contribution in [2.24, 2.45) is 5.92 Å². The molecule has 1 heterocycles. The van der Waals surface area contributed by atoms with Crippen molar-refractivity contribution in [3.63, 3.8) is 0 Å². The fourth-order valence-electron chi connectivity index (χ4n) is 6.10. The van der Waals surface area contributed by atoms with Crippen LogP contribution in [-0.2, 0) is 10.2 Å². The lowest BCUT2D eigenvalue weighted by Crippen LogP contribution is -2.40. The standard InChI is InChI=1S/C33H43F5O5/c1-31(24-14-16-25(39)17-15-24)22-43-29-21-26(40)18-19-27(29)28(31)13-8-6-4-2-3-5-7-11-23(30(41)42)12-9-10-20-32(34,35)33(36,37)38/h14-19,21,23,28,39-40H,2-13,20,22H2,1H3,(H,41,42)/t23?,28-,31-/m1/s1. The molecule has 0 radical (unpaired) electrons. The molecule has 10 heteroatoms. The molecule has 1 aliphatic rings. The van der Waals surface area contributed by atoms with Crippen LogP contribution in [0.1, 0.15) is 107 Å². The number of phenols is 2. The van der Waals surface area contributed by atoms with Crippen molar-refractivity contribution in [3.8, 4) is 17.2 Å². The van der Waals surface area contributed by atoms with Gasteiger partial charge in [-0.05, 0) is 55.0 Å². The van der Waals surface area contributed by atoms with Gasteiger partial charge < -0.3 is 20.1 Å². The summed E-state index contributed by atoms with van der Waals surface area (Å²) in [5.41, 5.74) is 1.83. The second-order valence-electron chi connectivity index (χ2n) is 12.1. The van der Waals surface area contributed by atoms with Gasteiger partial charge in [0.15, 0.2) is 0 Å². The molecular formula is C33H43F5O5. The number of phenolic OH excluding ortho intramolecular Hbond substituents is 2. The highest BCUT2D eigenvalue weighted by Gasteiger charge is 2.56. The van der Waals surface area contributed by atoms with Gasteiger partial charge in [-0.1, -0.05) is 76.5 Å². The van der Waals surface area contributed by atoms with Crippen molar-refractivity contribution in [1.82, 2.24) is 0 Å². The van der Waals surface area contributed by atoms with Crippen molar-refractivity contribution in [1.29, 1.82) is 0 Å².